The maximum atomic E-state index is 5.58. The Morgan fingerprint density at radius 2 is 1.80 bits per heavy atom. The van der Waals surface area contributed by atoms with Gasteiger partial charge in [-0.3, -0.25) is 3.71 Å². The van der Waals surface area contributed by atoms with E-state index in [1.165, 1.54) is 3.71 Å². The van der Waals surface area contributed by atoms with Gasteiger partial charge in [-0.2, -0.15) is 0 Å². The molecule has 10 heavy (non-hydrogen) atoms. The highest BCUT2D eigenvalue weighted by Gasteiger charge is 1.98. The molecular weight excluding hydrogens is 164 g/mol. The van der Waals surface area contributed by atoms with Crippen molar-refractivity contribution in [1.29, 1.82) is 0 Å². The smallest absolute Gasteiger partial charge is 0.0818 e. The summed E-state index contributed by atoms with van der Waals surface area (Å²) in [4.78, 5) is 0. The minimum absolute atomic E-state index is 0.674. The average Bonchev–Trinajstić information content (AvgIpc) is 1.88. The first kappa shape index (κ1) is 7.63. The molecule has 0 aliphatic heterocycles. The molecule has 1 aromatic rings. The molecule has 0 unspecified atom stereocenters. The molecule has 1 aromatic carbocycles. The predicted molar refractivity (Wildman–Crippen MR) is 51.3 cm³/mol. The van der Waals surface area contributed by atoms with Crippen molar-refractivity contribution in [1.82, 2.24) is 0 Å². The molecule has 1 rings (SSSR count). The molecule has 54 valence electrons. The number of anilines is 2. The summed E-state index contributed by atoms with van der Waals surface area (Å²) in [5, 5.41) is 0. The Hall–Kier alpha value is -0.480. The van der Waals surface area contributed by atoms with E-state index in [0.717, 1.165) is 5.69 Å². The first-order valence-corrected chi connectivity index (χ1v) is 3.54. The summed E-state index contributed by atoms with van der Waals surface area (Å²) in [6.07, 6.45) is 0. The molecule has 0 atom stereocenters. The average molecular weight is 172 g/mol. The zero-order valence-electron chi connectivity index (χ0n) is 5.23. The van der Waals surface area contributed by atoms with Gasteiger partial charge in [-0.15, -0.1) is 0 Å². The number of hydrogen-bond donors (Lipinski definition) is 3. The summed E-state index contributed by atoms with van der Waals surface area (Å²) in [5.74, 6) is 0. The van der Waals surface area contributed by atoms with Crippen molar-refractivity contribution >= 4 is 37.0 Å². The maximum absolute atomic E-state index is 5.58. The summed E-state index contributed by atoms with van der Waals surface area (Å²) >= 11 is 7.95. The predicted octanol–water partition coefficient (Wildman–Crippen LogP) is 1.76. The molecule has 0 spiro atoms. The number of para-hydroxylation sites is 2. The largest absolute Gasteiger partial charge is 0.397 e. The van der Waals surface area contributed by atoms with E-state index in [1.807, 2.05) is 18.2 Å². The summed E-state index contributed by atoms with van der Waals surface area (Å²) < 4.78 is 1.38. The molecule has 2 N–H and O–H groups in total. The first-order chi connectivity index (χ1) is 4.72. The SMILES string of the molecule is Nc1ccccc1N(S)S. The van der Waals surface area contributed by atoms with E-state index in [4.69, 9.17) is 5.73 Å². The van der Waals surface area contributed by atoms with E-state index in [9.17, 15) is 0 Å². The zero-order chi connectivity index (χ0) is 7.56. The fraction of sp³-hybridized carbons (Fsp3) is 0. The summed E-state index contributed by atoms with van der Waals surface area (Å²) in [7, 11) is 0. The Morgan fingerprint density at radius 3 is 2.20 bits per heavy atom. The lowest BCUT2D eigenvalue weighted by Gasteiger charge is -2.10. The number of hydrogen-bond acceptors (Lipinski definition) is 4. The highest BCUT2D eigenvalue weighted by Crippen LogP contribution is 2.24. The molecule has 0 aliphatic rings. The third-order valence-electron chi connectivity index (χ3n) is 1.15. The van der Waals surface area contributed by atoms with Crippen LogP contribution in [0.5, 0.6) is 0 Å². The van der Waals surface area contributed by atoms with Crippen LogP contribution in [0, 0.1) is 0 Å². The number of rotatable bonds is 1. The molecule has 0 aromatic heterocycles. The van der Waals surface area contributed by atoms with Crippen molar-refractivity contribution in [2.75, 3.05) is 9.44 Å². The molecule has 0 saturated heterocycles. The van der Waals surface area contributed by atoms with Gasteiger partial charge in [0.1, 0.15) is 0 Å². The van der Waals surface area contributed by atoms with E-state index in [1.54, 1.807) is 6.07 Å². The zero-order valence-corrected chi connectivity index (χ0v) is 7.02. The Morgan fingerprint density at radius 1 is 1.20 bits per heavy atom. The second-order valence-electron chi connectivity index (χ2n) is 1.85. The standard InChI is InChI=1S/C6H8N2S2/c7-5-3-1-2-4-6(5)8(9)10/h1-4,9-10H,7H2. The van der Waals surface area contributed by atoms with Crippen molar-refractivity contribution in [3.8, 4) is 0 Å². The highest BCUT2D eigenvalue weighted by molar-refractivity contribution is 8.00. The molecule has 4 heteroatoms. The van der Waals surface area contributed by atoms with Crippen LogP contribution in [0.2, 0.25) is 0 Å². The van der Waals surface area contributed by atoms with Crippen LogP contribution >= 0.6 is 25.6 Å². The first-order valence-electron chi connectivity index (χ1n) is 2.74. The molecule has 0 radical (unpaired) electrons. The summed E-state index contributed by atoms with van der Waals surface area (Å²) in [6, 6.07) is 7.39. The van der Waals surface area contributed by atoms with Crippen LogP contribution in [-0.4, -0.2) is 0 Å². The van der Waals surface area contributed by atoms with E-state index in [-0.39, 0.29) is 0 Å². The Bertz CT molecular complexity index is 225. The molecule has 0 amide bonds. The minimum atomic E-state index is 0.674. The van der Waals surface area contributed by atoms with Gasteiger partial charge in [0.2, 0.25) is 0 Å². The van der Waals surface area contributed by atoms with Gasteiger partial charge in [0, 0.05) is 0 Å². The normalized spacial score (nSPS) is 9.40. The van der Waals surface area contributed by atoms with Gasteiger partial charge >= 0.3 is 0 Å². The van der Waals surface area contributed by atoms with E-state index in [2.05, 4.69) is 25.6 Å². The maximum Gasteiger partial charge on any atom is 0.0818 e. The van der Waals surface area contributed by atoms with E-state index < -0.39 is 0 Å². The lowest BCUT2D eigenvalue weighted by molar-refractivity contribution is 1.61. The number of benzene rings is 1. The molecule has 2 nitrogen and oxygen atoms in total. The second-order valence-corrected chi connectivity index (χ2v) is 2.96. The third-order valence-corrected chi connectivity index (χ3v) is 1.58. The van der Waals surface area contributed by atoms with Crippen LogP contribution in [0.4, 0.5) is 11.4 Å². The summed E-state index contributed by atoms with van der Waals surface area (Å²) in [6.45, 7) is 0. The van der Waals surface area contributed by atoms with Gasteiger partial charge in [0.25, 0.3) is 0 Å². The van der Waals surface area contributed by atoms with Crippen molar-refractivity contribution < 1.29 is 0 Å². The molecule has 0 saturated carbocycles. The Kier molecular flexibility index (Phi) is 2.34. The topological polar surface area (TPSA) is 29.3 Å². The van der Waals surface area contributed by atoms with Crippen LogP contribution in [0.3, 0.4) is 0 Å². The van der Waals surface area contributed by atoms with E-state index >= 15 is 0 Å². The molecule has 0 bridgehead atoms. The van der Waals surface area contributed by atoms with Crippen molar-refractivity contribution in [3.63, 3.8) is 0 Å². The lowest BCUT2D eigenvalue weighted by atomic mass is 10.3. The van der Waals surface area contributed by atoms with Gasteiger partial charge in [-0.05, 0) is 12.1 Å². The van der Waals surface area contributed by atoms with Gasteiger partial charge < -0.3 is 5.73 Å². The number of nitrogen functional groups attached to an aromatic ring is 1. The van der Waals surface area contributed by atoms with Crippen LogP contribution in [-0.2, 0) is 0 Å². The summed E-state index contributed by atoms with van der Waals surface area (Å²) in [5.41, 5.74) is 7.06. The molecule has 0 fully saturated rings. The van der Waals surface area contributed by atoms with Crippen molar-refractivity contribution in [2.45, 2.75) is 0 Å². The molecule has 0 aliphatic carbocycles. The van der Waals surface area contributed by atoms with Gasteiger partial charge in [0.05, 0.1) is 11.4 Å². The Labute approximate surface area is 71.1 Å². The number of thiol groups is 2. The van der Waals surface area contributed by atoms with Gasteiger partial charge in [-0.1, -0.05) is 37.8 Å². The van der Waals surface area contributed by atoms with Gasteiger partial charge in [0.15, 0.2) is 0 Å². The molecule has 0 heterocycles. The van der Waals surface area contributed by atoms with Crippen LogP contribution in [0.15, 0.2) is 24.3 Å². The molecular formula is C6H8N2S2. The van der Waals surface area contributed by atoms with Crippen molar-refractivity contribution in [2.24, 2.45) is 0 Å². The Balaban J connectivity index is 3.03. The second kappa shape index (κ2) is 3.07. The lowest BCUT2D eigenvalue weighted by Crippen LogP contribution is -1.97. The minimum Gasteiger partial charge on any atom is -0.397 e. The quantitative estimate of drug-likeness (QED) is 0.445. The van der Waals surface area contributed by atoms with Crippen LogP contribution < -0.4 is 9.44 Å². The number of nitrogens with zero attached hydrogens (tertiary/aromatic N) is 1. The highest BCUT2D eigenvalue weighted by atomic mass is 32.2. The van der Waals surface area contributed by atoms with Crippen LogP contribution in [0.1, 0.15) is 0 Å². The number of nitrogens with two attached hydrogens (primary N) is 1. The van der Waals surface area contributed by atoms with E-state index in [0.29, 0.717) is 5.69 Å². The van der Waals surface area contributed by atoms with Gasteiger partial charge in [-0.25, -0.2) is 0 Å². The fourth-order valence-electron chi connectivity index (χ4n) is 0.670. The van der Waals surface area contributed by atoms with Crippen molar-refractivity contribution in [3.05, 3.63) is 24.3 Å². The monoisotopic (exact) mass is 172 g/mol. The van der Waals surface area contributed by atoms with Crippen LogP contribution in [0.25, 0.3) is 0 Å². The third kappa shape index (κ3) is 1.52. The fourth-order valence-corrected chi connectivity index (χ4v) is 1.03.